The quantitative estimate of drug-likeness (QED) is 0.559. The van der Waals surface area contributed by atoms with E-state index in [4.69, 9.17) is 11.6 Å². The predicted octanol–water partition coefficient (Wildman–Crippen LogP) is 0.388. The molecule has 3 nitrogen and oxygen atoms in total. The summed E-state index contributed by atoms with van der Waals surface area (Å²) in [5.41, 5.74) is 0. The van der Waals surface area contributed by atoms with Gasteiger partial charge in [-0.1, -0.05) is 0 Å². The van der Waals surface area contributed by atoms with Gasteiger partial charge in [0.2, 0.25) is 5.91 Å². The third kappa shape index (κ3) is 2.35. The minimum Gasteiger partial charge on any atom is -0.339 e. The van der Waals surface area contributed by atoms with Crippen molar-refractivity contribution in [3.8, 4) is 0 Å². The number of carbonyl (C=O) groups excluding carboxylic acids is 1. The summed E-state index contributed by atoms with van der Waals surface area (Å²) in [5, 5.41) is -0.381. The van der Waals surface area contributed by atoms with Gasteiger partial charge in [0.1, 0.15) is 5.38 Å². The van der Waals surface area contributed by atoms with E-state index < -0.39 is 0 Å². The molecule has 0 aliphatic carbocycles. The molecule has 0 saturated carbocycles. The largest absolute Gasteiger partial charge is 0.339 e. The molecule has 12 heavy (non-hydrogen) atoms. The van der Waals surface area contributed by atoms with Crippen LogP contribution in [0.2, 0.25) is 0 Å². The van der Waals surface area contributed by atoms with E-state index in [1.807, 2.05) is 4.90 Å². The second-order valence-electron chi connectivity index (χ2n) is 3.24. The first-order valence-corrected chi connectivity index (χ1v) is 4.66. The van der Waals surface area contributed by atoms with Crippen LogP contribution >= 0.6 is 11.6 Å². The van der Waals surface area contributed by atoms with E-state index in [9.17, 15) is 4.79 Å². The molecular weight excluding hydrogens is 176 g/mol. The summed E-state index contributed by atoms with van der Waals surface area (Å²) in [5.74, 6) is 0.0600. The van der Waals surface area contributed by atoms with Crippen molar-refractivity contribution in [1.82, 2.24) is 9.80 Å². The van der Waals surface area contributed by atoms with Crippen molar-refractivity contribution in [2.45, 2.75) is 12.3 Å². The first-order valence-electron chi connectivity index (χ1n) is 4.22. The van der Waals surface area contributed by atoms with Crippen LogP contribution in [-0.4, -0.2) is 54.3 Å². The van der Waals surface area contributed by atoms with Gasteiger partial charge in [-0.05, 0) is 14.0 Å². The molecule has 1 heterocycles. The maximum absolute atomic E-state index is 11.4. The normalized spacial score (nSPS) is 22.4. The van der Waals surface area contributed by atoms with E-state index in [0.29, 0.717) is 0 Å². The highest BCUT2D eigenvalue weighted by Gasteiger charge is 2.21. The van der Waals surface area contributed by atoms with Crippen molar-refractivity contribution in [2.75, 3.05) is 33.2 Å². The number of halogens is 1. The Morgan fingerprint density at radius 2 is 1.83 bits per heavy atom. The summed E-state index contributed by atoms with van der Waals surface area (Å²) in [6.45, 7) is 5.26. The molecule has 1 fully saturated rings. The van der Waals surface area contributed by atoms with Crippen LogP contribution in [0, 0.1) is 0 Å². The van der Waals surface area contributed by atoms with Crippen LogP contribution in [-0.2, 0) is 4.79 Å². The highest BCUT2D eigenvalue weighted by atomic mass is 35.5. The lowest BCUT2D eigenvalue weighted by molar-refractivity contribution is -0.132. The fourth-order valence-corrected chi connectivity index (χ4v) is 1.42. The Morgan fingerprint density at radius 1 is 1.33 bits per heavy atom. The second-order valence-corrected chi connectivity index (χ2v) is 3.90. The lowest BCUT2D eigenvalue weighted by atomic mass is 10.3. The predicted molar refractivity (Wildman–Crippen MR) is 49.4 cm³/mol. The van der Waals surface area contributed by atoms with Gasteiger partial charge in [-0.3, -0.25) is 4.79 Å². The van der Waals surface area contributed by atoms with Gasteiger partial charge in [-0.2, -0.15) is 0 Å². The molecule has 70 valence electrons. The van der Waals surface area contributed by atoms with Gasteiger partial charge in [-0.15, -0.1) is 11.6 Å². The Hall–Kier alpha value is -0.280. The minimum absolute atomic E-state index is 0.0600. The lowest BCUT2D eigenvalue weighted by Crippen LogP contribution is -2.48. The van der Waals surface area contributed by atoms with E-state index in [2.05, 4.69) is 11.9 Å². The summed E-state index contributed by atoms with van der Waals surface area (Å²) in [7, 11) is 2.06. The molecule has 1 amide bonds. The fourth-order valence-electron chi connectivity index (χ4n) is 1.28. The first kappa shape index (κ1) is 9.81. The minimum atomic E-state index is -0.381. The standard InChI is InChI=1S/C8H15ClN2O/c1-7(9)8(12)11-5-3-10(2)4-6-11/h7H,3-6H2,1-2H3. The molecule has 1 rings (SSSR count). The topological polar surface area (TPSA) is 23.6 Å². The molecule has 0 radical (unpaired) electrons. The van der Waals surface area contributed by atoms with Crippen molar-refractivity contribution < 1.29 is 4.79 Å². The number of carbonyl (C=O) groups is 1. The number of piperazine rings is 1. The number of hydrogen-bond acceptors (Lipinski definition) is 2. The first-order chi connectivity index (χ1) is 5.61. The zero-order chi connectivity index (χ0) is 9.14. The van der Waals surface area contributed by atoms with Gasteiger partial charge in [0, 0.05) is 26.2 Å². The van der Waals surface area contributed by atoms with Crippen LogP contribution in [0.1, 0.15) is 6.92 Å². The van der Waals surface area contributed by atoms with Gasteiger partial charge in [0.25, 0.3) is 0 Å². The Bertz CT molecular complexity index is 164. The molecule has 1 saturated heterocycles. The molecule has 4 heteroatoms. The van der Waals surface area contributed by atoms with Gasteiger partial charge in [0.05, 0.1) is 0 Å². The zero-order valence-electron chi connectivity index (χ0n) is 7.59. The van der Waals surface area contributed by atoms with Crippen LogP contribution in [0.3, 0.4) is 0 Å². The molecule has 0 aromatic heterocycles. The van der Waals surface area contributed by atoms with Gasteiger partial charge in [0.15, 0.2) is 0 Å². The van der Waals surface area contributed by atoms with Crippen LogP contribution in [0.25, 0.3) is 0 Å². The molecule has 0 N–H and O–H groups in total. The van der Waals surface area contributed by atoms with E-state index in [-0.39, 0.29) is 11.3 Å². The molecule has 0 bridgehead atoms. The Labute approximate surface area is 78.3 Å². The number of likely N-dealkylation sites (N-methyl/N-ethyl adjacent to an activating group) is 1. The van der Waals surface area contributed by atoms with Crippen molar-refractivity contribution in [3.05, 3.63) is 0 Å². The van der Waals surface area contributed by atoms with Crippen LogP contribution in [0.4, 0.5) is 0 Å². The molecule has 1 unspecified atom stereocenters. The summed E-state index contributed by atoms with van der Waals surface area (Å²) in [4.78, 5) is 15.4. The molecule has 0 aromatic rings. The number of rotatable bonds is 1. The van der Waals surface area contributed by atoms with Gasteiger partial charge >= 0.3 is 0 Å². The average molecular weight is 191 g/mol. The molecule has 1 aliphatic heterocycles. The second kappa shape index (κ2) is 4.10. The van der Waals surface area contributed by atoms with E-state index >= 15 is 0 Å². The van der Waals surface area contributed by atoms with Crippen LogP contribution in [0.5, 0.6) is 0 Å². The maximum Gasteiger partial charge on any atom is 0.240 e. The van der Waals surface area contributed by atoms with E-state index in [1.165, 1.54) is 0 Å². The highest BCUT2D eigenvalue weighted by Crippen LogP contribution is 2.05. The Kier molecular flexibility index (Phi) is 3.35. The van der Waals surface area contributed by atoms with E-state index in [1.54, 1.807) is 6.92 Å². The smallest absolute Gasteiger partial charge is 0.240 e. The van der Waals surface area contributed by atoms with Crippen molar-refractivity contribution >= 4 is 17.5 Å². The lowest BCUT2D eigenvalue weighted by Gasteiger charge is -2.33. The molecular formula is C8H15ClN2O. The van der Waals surface area contributed by atoms with Crippen LogP contribution < -0.4 is 0 Å². The number of hydrogen-bond donors (Lipinski definition) is 0. The molecule has 1 aliphatic rings. The number of nitrogens with zero attached hydrogens (tertiary/aromatic N) is 2. The highest BCUT2D eigenvalue weighted by molar-refractivity contribution is 6.30. The third-order valence-electron chi connectivity index (χ3n) is 2.16. The summed E-state index contributed by atoms with van der Waals surface area (Å²) < 4.78 is 0. The zero-order valence-corrected chi connectivity index (χ0v) is 8.34. The van der Waals surface area contributed by atoms with E-state index in [0.717, 1.165) is 26.2 Å². The number of amides is 1. The maximum atomic E-state index is 11.4. The molecule has 0 spiro atoms. The SMILES string of the molecule is CC(Cl)C(=O)N1CCN(C)CC1. The van der Waals surface area contributed by atoms with Gasteiger partial charge in [-0.25, -0.2) is 0 Å². The molecule has 1 atom stereocenters. The Morgan fingerprint density at radius 3 is 2.25 bits per heavy atom. The molecule has 0 aromatic carbocycles. The van der Waals surface area contributed by atoms with Gasteiger partial charge < -0.3 is 9.80 Å². The van der Waals surface area contributed by atoms with Crippen molar-refractivity contribution in [1.29, 1.82) is 0 Å². The monoisotopic (exact) mass is 190 g/mol. The third-order valence-corrected chi connectivity index (χ3v) is 2.34. The van der Waals surface area contributed by atoms with Crippen molar-refractivity contribution in [3.63, 3.8) is 0 Å². The number of alkyl halides is 1. The summed E-state index contributed by atoms with van der Waals surface area (Å²) in [6, 6.07) is 0. The Balaban J connectivity index is 2.39. The average Bonchev–Trinajstić information content (AvgIpc) is 2.04. The fraction of sp³-hybridized carbons (Fsp3) is 0.875. The van der Waals surface area contributed by atoms with Crippen LogP contribution in [0.15, 0.2) is 0 Å². The summed E-state index contributed by atoms with van der Waals surface area (Å²) >= 11 is 5.69. The van der Waals surface area contributed by atoms with Crippen molar-refractivity contribution in [2.24, 2.45) is 0 Å². The summed E-state index contributed by atoms with van der Waals surface area (Å²) in [6.07, 6.45) is 0.